The fourth-order valence-corrected chi connectivity index (χ4v) is 4.35. The second-order valence-electron chi connectivity index (χ2n) is 9.18. The predicted octanol–water partition coefficient (Wildman–Crippen LogP) is 4.41. The molecule has 0 bridgehead atoms. The van der Waals surface area contributed by atoms with Gasteiger partial charge in [-0.2, -0.15) is 0 Å². The van der Waals surface area contributed by atoms with Crippen LogP contribution in [0.2, 0.25) is 0 Å². The maximum Gasteiger partial charge on any atom is 0.306 e. The number of carbonyl (C=O) groups is 3. The molecule has 0 spiro atoms. The second kappa shape index (κ2) is 12.0. The largest absolute Gasteiger partial charge is 0.481 e. The topological polar surface area (TPSA) is 123 Å². The number of anilines is 2. The van der Waals surface area contributed by atoms with E-state index < -0.39 is 29.5 Å². The van der Waals surface area contributed by atoms with Crippen LogP contribution in [0.5, 0.6) is 0 Å². The van der Waals surface area contributed by atoms with Gasteiger partial charge in [-0.15, -0.1) is 12.8 Å². The number of hydrogen-bond donors (Lipinski definition) is 4. The Bertz CT molecular complexity index is 1580. The van der Waals surface area contributed by atoms with Crippen molar-refractivity contribution in [2.24, 2.45) is 5.92 Å². The summed E-state index contributed by atoms with van der Waals surface area (Å²) in [5.41, 5.74) is 1.71. The molecular formula is C31H25FN4O4. The highest BCUT2D eigenvalue weighted by atomic mass is 19.1. The van der Waals surface area contributed by atoms with Crippen LogP contribution in [0.25, 0.3) is 0 Å². The minimum absolute atomic E-state index is 0.0498. The molecule has 0 aliphatic carbocycles. The molecule has 9 heteroatoms. The number of carbonyl (C=O) groups excluding carboxylic acids is 2. The maximum atomic E-state index is 15.1. The average Bonchev–Trinajstić information content (AvgIpc) is 2.97. The minimum atomic E-state index is -0.860. The normalized spacial score (nSPS) is 13.0. The van der Waals surface area contributed by atoms with Crippen molar-refractivity contribution in [3.63, 3.8) is 0 Å². The lowest BCUT2D eigenvalue weighted by atomic mass is 9.96. The van der Waals surface area contributed by atoms with Gasteiger partial charge < -0.3 is 20.6 Å². The Kier molecular flexibility index (Phi) is 8.27. The van der Waals surface area contributed by atoms with E-state index in [2.05, 4.69) is 22.5 Å². The molecular weight excluding hydrogens is 511 g/mol. The number of likely N-dealkylation sites (tertiary alicyclic amines) is 1. The van der Waals surface area contributed by atoms with Gasteiger partial charge in [0.15, 0.2) is 0 Å². The molecule has 1 aliphatic heterocycles. The monoisotopic (exact) mass is 536 g/mol. The Morgan fingerprint density at radius 2 is 1.50 bits per heavy atom. The van der Waals surface area contributed by atoms with Crippen molar-refractivity contribution >= 4 is 35.0 Å². The van der Waals surface area contributed by atoms with Gasteiger partial charge in [-0.25, -0.2) is 4.39 Å². The van der Waals surface area contributed by atoms with E-state index in [9.17, 15) is 14.4 Å². The van der Waals surface area contributed by atoms with Crippen molar-refractivity contribution in [1.29, 1.82) is 5.41 Å². The van der Waals surface area contributed by atoms with Crippen molar-refractivity contribution in [3.8, 4) is 24.7 Å². The van der Waals surface area contributed by atoms with Gasteiger partial charge in [0.1, 0.15) is 11.7 Å². The number of aliphatic carboxylic acids is 1. The van der Waals surface area contributed by atoms with Crippen LogP contribution in [0.1, 0.15) is 50.2 Å². The summed E-state index contributed by atoms with van der Waals surface area (Å²) in [4.78, 5) is 38.9. The molecule has 0 saturated carbocycles. The standard InChI is InChI=1S/C31H25FN4O4/c1-3-19-5-9-23(10-6-19)34-30(38)25-17-20(4-2)7-12-27(25)35-29(37)24-11-8-22(18-26(24)32)28(33)36-15-13-21(14-16-36)31(39)40/h1-2,5-12,17-18,21,33H,13-16H2,(H,34,38)(H,35,37)(H,39,40). The first-order valence-corrected chi connectivity index (χ1v) is 12.4. The van der Waals surface area contributed by atoms with E-state index >= 15 is 4.39 Å². The van der Waals surface area contributed by atoms with Gasteiger partial charge in [0.2, 0.25) is 0 Å². The smallest absolute Gasteiger partial charge is 0.306 e. The van der Waals surface area contributed by atoms with Gasteiger partial charge >= 0.3 is 5.97 Å². The van der Waals surface area contributed by atoms with Crippen molar-refractivity contribution in [2.75, 3.05) is 23.7 Å². The lowest BCUT2D eigenvalue weighted by Gasteiger charge is -2.32. The number of carboxylic acid groups (broad SMARTS) is 1. The minimum Gasteiger partial charge on any atom is -0.481 e. The summed E-state index contributed by atoms with van der Waals surface area (Å²) >= 11 is 0. The molecule has 200 valence electrons. The molecule has 0 unspecified atom stereocenters. The second-order valence-corrected chi connectivity index (χ2v) is 9.18. The summed E-state index contributed by atoms with van der Waals surface area (Å²) in [5.74, 6) is 1.48. The first-order chi connectivity index (χ1) is 19.2. The number of amides is 2. The number of amidine groups is 1. The fourth-order valence-electron chi connectivity index (χ4n) is 4.35. The first kappa shape index (κ1) is 27.6. The molecule has 3 aromatic carbocycles. The number of rotatable bonds is 6. The van der Waals surface area contributed by atoms with Crippen molar-refractivity contribution < 1.29 is 23.9 Å². The molecule has 3 aromatic rings. The average molecular weight is 537 g/mol. The zero-order chi connectivity index (χ0) is 28.8. The molecule has 1 fully saturated rings. The Morgan fingerprint density at radius 3 is 2.10 bits per heavy atom. The fraction of sp³-hybridized carbons (Fsp3) is 0.161. The predicted molar refractivity (Wildman–Crippen MR) is 150 cm³/mol. The van der Waals surface area contributed by atoms with Crippen LogP contribution in [0.15, 0.2) is 60.7 Å². The van der Waals surface area contributed by atoms with Crippen LogP contribution >= 0.6 is 0 Å². The van der Waals surface area contributed by atoms with Gasteiger partial charge in [0.25, 0.3) is 11.8 Å². The van der Waals surface area contributed by atoms with E-state index in [1.54, 1.807) is 35.2 Å². The number of piperidine rings is 1. The van der Waals surface area contributed by atoms with Crippen LogP contribution in [-0.4, -0.2) is 46.7 Å². The molecule has 1 heterocycles. The van der Waals surface area contributed by atoms with Gasteiger partial charge in [0, 0.05) is 35.5 Å². The third kappa shape index (κ3) is 6.17. The molecule has 0 aromatic heterocycles. The van der Waals surface area contributed by atoms with Crippen molar-refractivity contribution in [3.05, 3.63) is 94.3 Å². The Morgan fingerprint density at radius 1 is 0.875 bits per heavy atom. The van der Waals surface area contributed by atoms with Gasteiger partial charge in [0.05, 0.1) is 22.7 Å². The molecule has 2 amide bonds. The number of hydrogen-bond acceptors (Lipinski definition) is 4. The van der Waals surface area contributed by atoms with Crippen LogP contribution in [0.3, 0.4) is 0 Å². The van der Waals surface area contributed by atoms with Gasteiger partial charge in [-0.05, 0) is 67.4 Å². The number of halogens is 1. The summed E-state index contributed by atoms with van der Waals surface area (Å²) in [6.45, 7) is 0.735. The highest BCUT2D eigenvalue weighted by Crippen LogP contribution is 2.23. The lowest BCUT2D eigenvalue weighted by Crippen LogP contribution is -2.40. The number of nitrogens with one attached hydrogen (secondary N) is 3. The number of benzene rings is 3. The summed E-state index contributed by atoms with van der Waals surface area (Å²) < 4.78 is 15.1. The molecule has 40 heavy (non-hydrogen) atoms. The molecule has 4 rings (SSSR count). The van der Waals surface area contributed by atoms with Crippen LogP contribution in [0.4, 0.5) is 15.8 Å². The third-order valence-electron chi connectivity index (χ3n) is 6.64. The highest BCUT2D eigenvalue weighted by Gasteiger charge is 2.26. The zero-order valence-electron chi connectivity index (χ0n) is 21.3. The number of terminal acetylenes is 2. The van der Waals surface area contributed by atoms with Crippen LogP contribution < -0.4 is 10.6 Å². The Hall–Kier alpha value is -5.41. The van der Waals surface area contributed by atoms with Gasteiger partial charge in [-0.3, -0.25) is 19.8 Å². The lowest BCUT2D eigenvalue weighted by molar-refractivity contribution is -0.143. The van der Waals surface area contributed by atoms with Crippen molar-refractivity contribution in [1.82, 2.24) is 4.90 Å². The maximum absolute atomic E-state index is 15.1. The summed E-state index contributed by atoms with van der Waals surface area (Å²) in [5, 5.41) is 22.9. The Labute approximate surface area is 230 Å². The van der Waals surface area contributed by atoms with E-state index in [1.165, 1.54) is 24.3 Å². The zero-order valence-corrected chi connectivity index (χ0v) is 21.3. The van der Waals surface area contributed by atoms with Crippen molar-refractivity contribution in [2.45, 2.75) is 12.8 Å². The first-order valence-electron chi connectivity index (χ1n) is 12.4. The van der Waals surface area contributed by atoms with Crippen LogP contribution in [0, 0.1) is 41.8 Å². The number of nitrogens with zero attached hydrogens (tertiary/aromatic N) is 1. The molecule has 0 atom stereocenters. The number of carboxylic acids is 1. The van der Waals surface area contributed by atoms with E-state index in [1.807, 2.05) is 0 Å². The Balaban J connectivity index is 1.50. The molecule has 1 saturated heterocycles. The van der Waals surface area contributed by atoms with E-state index in [-0.39, 0.29) is 28.2 Å². The molecule has 1 aliphatic rings. The van der Waals surface area contributed by atoms with E-state index in [0.717, 1.165) is 6.07 Å². The molecule has 8 nitrogen and oxygen atoms in total. The summed E-state index contributed by atoms with van der Waals surface area (Å²) in [6.07, 6.45) is 11.6. The molecule has 0 radical (unpaired) electrons. The SMILES string of the molecule is C#Cc1ccc(NC(=O)c2cc(C#C)ccc2NC(=O)c2ccc(C(=N)N3CCC(C(=O)O)CC3)cc2F)cc1. The summed E-state index contributed by atoms with van der Waals surface area (Å²) in [7, 11) is 0. The van der Waals surface area contributed by atoms with E-state index in [4.69, 9.17) is 23.4 Å². The third-order valence-corrected chi connectivity index (χ3v) is 6.64. The van der Waals surface area contributed by atoms with Crippen LogP contribution in [-0.2, 0) is 4.79 Å². The highest BCUT2D eigenvalue weighted by molar-refractivity contribution is 6.13. The summed E-state index contributed by atoms with van der Waals surface area (Å²) in [6, 6.07) is 14.9. The van der Waals surface area contributed by atoms with Gasteiger partial charge in [-0.1, -0.05) is 17.9 Å². The van der Waals surface area contributed by atoms with E-state index in [0.29, 0.717) is 42.7 Å². The molecule has 4 N–H and O–H groups in total. The quantitative estimate of drug-likeness (QED) is 0.211.